The van der Waals surface area contributed by atoms with Crippen LogP contribution in [-0.4, -0.2) is 103 Å². The zero-order valence-corrected chi connectivity index (χ0v) is 23.5. The first-order chi connectivity index (χ1) is 18.6. The number of β-lactam (4-membered cyclic amide) rings is 1. The summed E-state index contributed by atoms with van der Waals surface area (Å²) in [6, 6.07) is 2.52. The molecule has 39 heavy (non-hydrogen) atoms. The van der Waals surface area contributed by atoms with Gasteiger partial charge in [-0.05, 0) is 35.2 Å². The molecule has 3 amide bonds. The molecule has 15 heteroatoms. The zero-order valence-electron chi connectivity index (χ0n) is 21.9. The third-order valence-electron chi connectivity index (χ3n) is 7.41. The van der Waals surface area contributed by atoms with E-state index in [-0.39, 0.29) is 53.2 Å². The van der Waals surface area contributed by atoms with Gasteiger partial charge in [0.1, 0.15) is 12.2 Å². The highest BCUT2D eigenvalue weighted by molar-refractivity contribution is 8.03. The fourth-order valence-corrected chi connectivity index (χ4v) is 7.78. The molecule has 0 unspecified atom stereocenters. The molecule has 0 aromatic carbocycles. The molecule has 2 aromatic rings. The van der Waals surface area contributed by atoms with Gasteiger partial charge in [-0.15, -0.1) is 28.2 Å². The monoisotopic (exact) mass is 574 g/mol. The van der Waals surface area contributed by atoms with Gasteiger partial charge in [0.05, 0.1) is 22.9 Å². The predicted octanol–water partition coefficient (Wildman–Crippen LogP) is 0.231. The second-order valence-electron chi connectivity index (χ2n) is 10.2. The van der Waals surface area contributed by atoms with Gasteiger partial charge in [-0.3, -0.25) is 14.4 Å². The number of aliphatic carboxylic acids is 1. The van der Waals surface area contributed by atoms with Crippen LogP contribution in [0.1, 0.15) is 20.3 Å². The summed E-state index contributed by atoms with van der Waals surface area (Å²) in [6.07, 6.45) is 0.573. The summed E-state index contributed by atoms with van der Waals surface area (Å²) in [4.78, 5) is 55.1. The topological polar surface area (TPSA) is 163 Å². The number of carbonyl (C=O) groups is 4. The lowest BCUT2D eigenvalue weighted by Gasteiger charge is -2.47. The first-order valence-electron chi connectivity index (χ1n) is 12.6. The van der Waals surface area contributed by atoms with E-state index in [1.165, 1.54) is 37.6 Å². The predicted molar refractivity (Wildman–Crippen MR) is 143 cm³/mol. The molecule has 0 saturated carbocycles. The molecule has 5 heterocycles. The van der Waals surface area contributed by atoms with Gasteiger partial charge in [-0.1, -0.05) is 13.0 Å². The molecule has 3 N–H and O–H groups in total. The molecular formula is C24H30N8O5S2. The molecule has 3 aliphatic heterocycles. The van der Waals surface area contributed by atoms with Gasteiger partial charge in [-0.25, -0.2) is 9.48 Å². The molecule has 2 fully saturated rings. The third kappa shape index (κ3) is 4.94. The van der Waals surface area contributed by atoms with E-state index in [0.29, 0.717) is 23.7 Å². The maximum absolute atomic E-state index is 13.2. The number of nitrogens with one attached hydrogen (secondary N) is 2. The Labute approximate surface area is 233 Å². The number of amides is 3. The number of carboxylic acids is 1. The van der Waals surface area contributed by atoms with Crippen molar-refractivity contribution in [3.8, 4) is 10.7 Å². The number of nitrogens with zero attached hydrogens (tertiary/aromatic N) is 6. The second-order valence-corrected chi connectivity index (χ2v) is 12.5. The van der Waals surface area contributed by atoms with Crippen molar-refractivity contribution < 1.29 is 24.3 Å². The lowest BCUT2D eigenvalue weighted by atomic mass is 9.78. The Hall–Kier alpha value is -3.30. The summed E-state index contributed by atoms with van der Waals surface area (Å²) < 4.78 is 1.41. The molecule has 208 valence electrons. The highest BCUT2D eigenvalue weighted by Gasteiger charge is 2.60. The molecule has 0 aliphatic carbocycles. The SMILES string of the molecule is C[C@@H](NC(=O)Cn1nnnc1-c1cccs1)[C@H]1C(=O)N2C(C(=O)O)=C(S[C@@H]3CN[C@H](C(=O)N(C)C)C3)[C@H](C)[C@H]12. The second kappa shape index (κ2) is 10.7. The van der Waals surface area contributed by atoms with Crippen molar-refractivity contribution in [3.05, 3.63) is 28.1 Å². The van der Waals surface area contributed by atoms with Crippen molar-refractivity contribution in [3.63, 3.8) is 0 Å². The lowest BCUT2D eigenvalue weighted by molar-refractivity contribution is -0.158. The Kier molecular flexibility index (Phi) is 7.48. The molecule has 6 atom stereocenters. The standard InChI is InChI=1S/C24H30N8O5S2/c1-11-18-17(12(2)26-16(33)10-31-21(27-28-29-31)15-6-5-7-38-15)23(35)32(18)19(24(36)37)20(11)39-13-8-14(25-9-13)22(34)30(3)4/h5-7,11-14,17-18,25H,8-10H2,1-4H3,(H,26,33)(H,36,37)/t11-,12-,13+,14+,17-,18-/m1/s1. The van der Waals surface area contributed by atoms with Crippen LogP contribution in [0.4, 0.5) is 0 Å². The Morgan fingerprint density at radius 2 is 2.13 bits per heavy atom. The van der Waals surface area contributed by atoms with Crippen LogP contribution in [-0.2, 0) is 25.7 Å². The summed E-state index contributed by atoms with van der Waals surface area (Å²) in [5.74, 6) is -2.14. The first kappa shape index (κ1) is 27.3. The highest BCUT2D eigenvalue weighted by Crippen LogP contribution is 2.51. The van der Waals surface area contributed by atoms with Crippen LogP contribution in [0.25, 0.3) is 10.7 Å². The van der Waals surface area contributed by atoms with Crippen molar-refractivity contribution in [1.82, 2.24) is 40.6 Å². The van der Waals surface area contributed by atoms with E-state index in [2.05, 4.69) is 26.2 Å². The molecule has 2 saturated heterocycles. The van der Waals surface area contributed by atoms with E-state index in [4.69, 9.17) is 0 Å². The fraction of sp³-hybridized carbons (Fsp3) is 0.542. The van der Waals surface area contributed by atoms with Crippen LogP contribution in [0.2, 0.25) is 0 Å². The maximum atomic E-state index is 13.2. The van der Waals surface area contributed by atoms with E-state index in [9.17, 15) is 24.3 Å². The first-order valence-corrected chi connectivity index (χ1v) is 14.4. The van der Waals surface area contributed by atoms with E-state index in [1.807, 2.05) is 24.4 Å². The Balaban J connectivity index is 1.25. The normalized spacial score (nSPS) is 26.8. The Morgan fingerprint density at radius 1 is 1.36 bits per heavy atom. The minimum absolute atomic E-state index is 0.00362. The summed E-state index contributed by atoms with van der Waals surface area (Å²) in [5.41, 5.74) is 0.00828. The van der Waals surface area contributed by atoms with Gasteiger partial charge in [0.15, 0.2) is 5.82 Å². The minimum Gasteiger partial charge on any atom is -0.477 e. The Bertz CT molecular complexity index is 1330. The van der Waals surface area contributed by atoms with Crippen LogP contribution in [0, 0.1) is 11.8 Å². The smallest absolute Gasteiger partial charge is 0.353 e. The van der Waals surface area contributed by atoms with Gasteiger partial charge in [0, 0.05) is 42.8 Å². The maximum Gasteiger partial charge on any atom is 0.353 e. The van der Waals surface area contributed by atoms with Gasteiger partial charge in [0.2, 0.25) is 17.7 Å². The minimum atomic E-state index is -1.15. The Morgan fingerprint density at radius 3 is 2.79 bits per heavy atom. The van der Waals surface area contributed by atoms with E-state index in [1.54, 1.807) is 21.0 Å². The van der Waals surface area contributed by atoms with Gasteiger partial charge in [0.25, 0.3) is 0 Å². The summed E-state index contributed by atoms with van der Waals surface area (Å²) in [5, 5.41) is 29.6. The zero-order chi connectivity index (χ0) is 28.0. The number of fused-ring (bicyclic) bond motifs is 1. The summed E-state index contributed by atoms with van der Waals surface area (Å²) in [7, 11) is 3.41. The van der Waals surface area contributed by atoms with E-state index in [0.717, 1.165) is 4.88 Å². The largest absolute Gasteiger partial charge is 0.477 e. The number of carboxylic acid groups (broad SMARTS) is 1. The van der Waals surface area contributed by atoms with Gasteiger partial charge < -0.3 is 25.5 Å². The number of hydrogen-bond donors (Lipinski definition) is 3. The van der Waals surface area contributed by atoms with Crippen LogP contribution in [0.15, 0.2) is 28.1 Å². The molecule has 13 nitrogen and oxygen atoms in total. The quantitative estimate of drug-likeness (QED) is 0.354. The number of tetrazole rings is 1. The molecule has 5 rings (SSSR count). The third-order valence-corrected chi connectivity index (χ3v) is 9.79. The number of thioether (sulfide) groups is 1. The number of likely N-dealkylation sites (N-methyl/N-ethyl adjacent to an activating group) is 1. The fourth-order valence-electron chi connectivity index (χ4n) is 5.59. The average molecular weight is 575 g/mol. The number of carbonyl (C=O) groups excluding carboxylic acids is 3. The highest BCUT2D eigenvalue weighted by atomic mass is 32.2. The average Bonchev–Trinajstić information content (AvgIpc) is 3.66. The van der Waals surface area contributed by atoms with Crippen molar-refractivity contribution in [2.75, 3.05) is 20.6 Å². The molecule has 0 radical (unpaired) electrons. The molecular weight excluding hydrogens is 544 g/mol. The summed E-state index contributed by atoms with van der Waals surface area (Å²) >= 11 is 2.89. The summed E-state index contributed by atoms with van der Waals surface area (Å²) in [6.45, 7) is 4.13. The van der Waals surface area contributed by atoms with Crippen molar-refractivity contribution in [1.29, 1.82) is 0 Å². The van der Waals surface area contributed by atoms with Crippen LogP contribution < -0.4 is 10.6 Å². The number of hydrogen-bond acceptors (Lipinski definition) is 10. The molecule has 2 aromatic heterocycles. The van der Waals surface area contributed by atoms with Crippen LogP contribution >= 0.6 is 23.1 Å². The van der Waals surface area contributed by atoms with Crippen molar-refractivity contribution in [2.45, 2.75) is 50.2 Å². The molecule has 0 spiro atoms. The lowest BCUT2D eigenvalue weighted by Crippen LogP contribution is -2.66. The van der Waals surface area contributed by atoms with Gasteiger partial charge >= 0.3 is 5.97 Å². The van der Waals surface area contributed by atoms with Gasteiger partial charge in [-0.2, -0.15) is 0 Å². The van der Waals surface area contributed by atoms with E-state index >= 15 is 0 Å². The number of thiophene rings is 1. The van der Waals surface area contributed by atoms with Crippen LogP contribution in [0.5, 0.6) is 0 Å². The van der Waals surface area contributed by atoms with Crippen molar-refractivity contribution in [2.24, 2.45) is 11.8 Å². The number of rotatable bonds is 9. The van der Waals surface area contributed by atoms with E-state index < -0.39 is 17.9 Å². The number of aromatic nitrogens is 4. The molecule has 3 aliphatic rings. The molecule has 0 bridgehead atoms. The van der Waals surface area contributed by atoms with Crippen LogP contribution in [0.3, 0.4) is 0 Å². The van der Waals surface area contributed by atoms with Crippen molar-refractivity contribution >= 4 is 46.8 Å².